The molecule has 0 unspecified atom stereocenters. The summed E-state index contributed by atoms with van der Waals surface area (Å²) in [5, 5.41) is 2.31. The molecule has 0 atom stereocenters. The predicted octanol–water partition coefficient (Wildman–Crippen LogP) is 3.40. The Bertz CT molecular complexity index is 657. The molecule has 1 heterocycles. The highest BCUT2D eigenvalue weighted by Gasteiger charge is 2.24. The van der Waals surface area contributed by atoms with Crippen LogP contribution in [0.5, 0.6) is 0 Å². The Morgan fingerprint density at radius 3 is 2.38 bits per heavy atom. The van der Waals surface area contributed by atoms with E-state index >= 15 is 0 Å². The van der Waals surface area contributed by atoms with Crippen molar-refractivity contribution in [3.8, 4) is 0 Å². The summed E-state index contributed by atoms with van der Waals surface area (Å²) in [5.41, 5.74) is 1.87. The Kier molecular flexibility index (Phi) is 3.93. The molecule has 3 heteroatoms. The third-order valence-electron chi connectivity index (χ3n) is 4.39. The minimum absolute atomic E-state index is 0.146. The second kappa shape index (κ2) is 5.86. The first-order valence-electron chi connectivity index (χ1n) is 7.50. The number of amides is 1. The van der Waals surface area contributed by atoms with Crippen molar-refractivity contribution in [2.24, 2.45) is 0 Å². The van der Waals surface area contributed by atoms with Gasteiger partial charge in [0.05, 0.1) is 6.10 Å². The molecule has 3 nitrogen and oxygen atoms in total. The van der Waals surface area contributed by atoms with Crippen LogP contribution in [-0.2, 0) is 4.74 Å². The van der Waals surface area contributed by atoms with Crippen molar-refractivity contribution in [1.29, 1.82) is 0 Å². The molecule has 1 amide bonds. The normalized spacial score (nSPS) is 16.4. The fourth-order valence-corrected chi connectivity index (χ4v) is 3.05. The number of rotatable bonds is 2. The molecule has 0 aliphatic carbocycles. The molecule has 21 heavy (non-hydrogen) atoms. The summed E-state index contributed by atoms with van der Waals surface area (Å²) in [6, 6.07) is 12.3. The van der Waals surface area contributed by atoms with Gasteiger partial charge in [0.1, 0.15) is 0 Å². The number of hydrogen-bond acceptors (Lipinski definition) is 2. The number of benzene rings is 2. The molecule has 0 aromatic heterocycles. The van der Waals surface area contributed by atoms with Crippen LogP contribution in [0.1, 0.15) is 28.8 Å². The van der Waals surface area contributed by atoms with E-state index in [4.69, 9.17) is 4.74 Å². The van der Waals surface area contributed by atoms with Crippen LogP contribution < -0.4 is 0 Å². The molecule has 1 fully saturated rings. The second-order valence-corrected chi connectivity index (χ2v) is 5.74. The van der Waals surface area contributed by atoms with Crippen LogP contribution in [0, 0.1) is 6.92 Å². The Morgan fingerprint density at radius 2 is 1.76 bits per heavy atom. The van der Waals surface area contributed by atoms with Crippen LogP contribution in [0.3, 0.4) is 0 Å². The highest BCUT2D eigenvalue weighted by Crippen LogP contribution is 2.22. The topological polar surface area (TPSA) is 29.5 Å². The maximum Gasteiger partial charge on any atom is 0.254 e. The van der Waals surface area contributed by atoms with Gasteiger partial charge in [0, 0.05) is 25.8 Å². The van der Waals surface area contributed by atoms with Crippen LogP contribution in [0.4, 0.5) is 0 Å². The molecule has 110 valence electrons. The van der Waals surface area contributed by atoms with Crippen molar-refractivity contribution in [2.75, 3.05) is 20.2 Å². The van der Waals surface area contributed by atoms with E-state index in [9.17, 15) is 4.79 Å². The third-order valence-corrected chi connectivity index (χ3v) is 4.39. The van der Waals surface area contributed by atoms with Crippen molar-refractivity contribution in [3.63, 3.8) is 0 Å². The maximum absolute atomic E-state index is 12.7. The number of fused-ring (bicyclic) bond motifs is 1. The minimum Gasteiger partial charge on any atom is -0.381 e. The molecule has 1 aliphatic rings. The zero-order chi connectivity index (χ0) is 14.8. The number of nitrogens with zero attached hydrogens (tertiary/aromatic N) is 1. The van der Waals surface area contributed by atoms with E-state index in [-0.39, 0.29) is 5.91 Å². The van der Waals surface area contributed by atoms with Crippen molar-refractivity contribution >= 4 is 16.7 Å². The fourth-order valence-electron chi connectivity index (χ4n) is 3.05. The molecule has 1 aliphatic heterocycles. The average molecular weight is 283 g/mol. The molecule has 0 N–H and O–H groups in total. The molecule has 0 spiro atoms. The summed E-state index contributed by atoms with van der Waals surface area (Å²) < 4.78 is 5.37. The van der Waals surface area contributed by atoms with E-state index in [0.29, 0.717) is 6.10 Å². The largest absolute Gasteiger partial charge is 0.381 e. The average Bonchev–Trinajstić information content (AvgIpc) is 2.53. The second-order valence-electron chi connectivity index (χ2n) is 5.74. The van der Waals surface area contributed by atoms with E-state index in [1.165, 1.54) is 5.39 Å². The van der Waals surface area contributed by atoms with E-state index in [0.717, 1.165) is 42.4 Å². The van der Waals surface area contributed by atoms with Gasteiger partial charge in [-0.25, -0.2) is 0 Å². The number of methoxy groups -OCH3 is 1. The van der Waals surface area contributed by atoms with Gasteiger partial charge in [-0.15, -0.1) is 0 Å². The summed E-state index contributed by atoms with van der Waals surface area (Å²) >= 11 is 0. The van der Waals surface area contributed by atoms with E-state index in [1.54, 1.807) is 7.11 Å². The van der Waals surface area contributed by atoms with Gasteiger partial charge in [0.15, 0.2) is 0 Å². The van der Waals surface area contributed by atoms with Crippen molar-refractivity contribution < 1.29 is 9.53 Å². The van der Waals surface area contributed by atoms with Crippen LogP contribution in [0.2, 0.25) is 0 Å². The van der Waals surface area contributed by atoms with Gasteiger partial charge >= 0.3 is 0 Å². The first-order valence-corrected chi connectivity index (χ1v) is 7.50. The zero-order valence-electron chi connectivity index (χ0n) is 12.6. The molecular formula is C18H21NO2. The number of piperidine rings is 1. The van der Waals surface area contributed by atoms with Crippen molar-refractivity contribution in [2.45, 2.75) is 25.9 Å². The Balaban J connectivity index is 1.86. The van der Waals surface area contributed by atoms with Crippen LogP contribution >= 0.6 is 0 Å². The summed E-state index contributed by atoms with van der Waals surface area (Å²) in [4.78, 5) is 14.7. The van der Waals surface area contributed by atoms with Gasteiger partial charge in [-0.05, 0) is 42.2 Å². The smallest absolute Gasteiger partial charge is 0.254 e. The first kappa shape index (κ1) is 14.1. The number of carbonyl (C=O) groups is 1. The molecule has 0 saturated carbocycles. The van der Waals surface area contributed by atoms with E-state index < -0.39 is 0 Å². The number of ether oxygens (including phenoxy) is 1. The standard InChI is InChI=1S/C18H21NO2/c1-13-11-14-5-3-4-6-15(14)12-17(13)18(20)19-9-7-16(21-2)8-10-19/h3-6,11-12,16H,7-10H2,1-2H3. The fraction of sp³-hybridized carbons (Fsp3) is 0.389. The van der Waals surface area contributed by atoms with E-state index in [1.807, 2.05) is 30.0 Å². The minimum atomic E-state index is 0.146. The van der Waals surface area contributed by atoms with Crippen molar-refractivity contribution in [3.05, 3.63) is 47.5 Å². The Morgan fingerprint density at radius 1 is 1.14 bits per heavy atom. The quantitative estimate of drug-likeness (QED) is 0.845. The molecule has 0 bridgehead atoms. The molecule has 3 rings (SSSR count). The van der Waals surface area contributed by atoms with Gasteiger partial charge in [0.25, 0.3) is 5.91 Å². The number of carbonyl (C=O) groups excluding carboxylic acids is 1. The van der Waals surface area contributed by atoms with Gasteiger partial charge in [-0.1, -0.05) is 30.3 Å². The lowest BCUT2D eigenvalue weighted by Crippen LogP contribution is -2.40. The number of likely N-dealkylation sites (tertiary alicyclic amines) is 1. The van der Waals surface area contributed by atoms with Crippen LogP contribution in [-0.4, -0.2) is 37.1 Å². The summed E-state index contributed by atoms with van der Waals surface area (Å²) in [5.74, 6) is 0.146. The molecule has 2 aromatic rings. The first-order chi connectivity index (χ1) is 10.2. The monoisotopic (exact) mass is 283 g/mol. The van der Waals surface area contributed by atoms with Gasteiger partial charge in [-0.3, -0.25) is 4.79 Å². The van der Waals surface area contributed by atoms with Crippen LogP contribution in [0.25, 0.3) is 10.8 Å². The number of aryl methyl sites for hydroxylation is 1. The predicted molar refractivity (Wildman–Crippen MR) is 84.6 cm³/mol. The lowest BCUT2D eigenvalue weighted by atomic mass is 9.99. The maximum atomic E-state index is 12.7. The zero-order valence-corrected chi connectivity index (χ0v) is 12.6. The van der Waals surface area contributed by atoms with E-state index in [2.05, 4.69) is 18.2 Å². The van der Waals surface area contributed by atoms with Crippen LogP contribution in [0.15, 0.2) is 36.4 Å². The number of hydrogen-bond donors (Lipinski definition) is 0. The SMILES string of the molecule is COC1CCN(C(=O)c2cc3ccccc3cc2C)CC1. The summed E-state index contributed by atoms with van der Waals surface area (Å²) in [6.07, 6.45) is 2.15. The van der Waals surface area contributed by atoms with Gasteiger partial charge in [-0.2, -0.15) is 0 Å². The highest BCUT2D eigenvalue weighted by molar-refractivity contribution is 6.00. The van der Waals surface area contributed by atoms with Gasteiger partial charge in [0.2, 0.25) is 0 Å². The van der Waals surface area contributed by atoms with Crippen molar-refractivity contribution in [1.82, 2.24) is 4.90 Å². The molecule has 0 radical (unpaired) electrons. The Labute approximate surface area is 125 Å². The summed E-state index contributed by atoms with van der Waals surface area (Å²) in [7, 11) is 1.75. The molecular weight excluding hydrogens is 262 g/mol. The third kappa shape index (κ3) is 2.79. The summed E-state index contributed by atoms with van der Waals surface area (Å²) in [6.45, 7) is 3.58. The highest BCUT2D eigenvalue weighted by atomic mass is 16.5. The lowest BCUT2D eigenvalue weighted by molar-refractivity contribution is 0.0350. The molecule has 2 aromatic carbocycles. The molecule has 1 saturated heterocycles. The lowest BCUT2D eigenvalue weighted by Gasteiger charge is -2.31. The Hall–Kier alpha value is -1.87. The van der Waals surface area contributed by atoms with Gasteiger partial charge < -0.3 is 9.64 Å².